The van der Waals surface area contributed by atoms with Gasteiger partial charge in [0.25, 0.3) is 0 Å². The number of aliphatic hydroxyl groups is 1. The molecule has 0 saturated heterocycles. The number of nitrogens with one attached hydrogen (secondary N) is 1. The average molecular weight is 370 g/mol. The molecule has 0 saturated carbocycles. The minimum Gasteiger partial charge on any atom is -0.490 e. The Morgan fingerprint density at radius 3 is 2.57 bits per heavy atom. The summed E-state index contributed by atoms with van der Waals surface area (Å²) in [4.78, 5) is 0. The summed E-state index contributed by atoms with van der Waals surface area (Å²) in [5.74, 6) is 0.798. The molecule has 3 nitrogen and oxygen atoms in total. The molecule has 1 aromatic carbocycles. The van der Waals surface area contributed by atoms with Crippen molar-refractivity contribution in [2.24, 2.45) is 5.92 Å². The van der Waals surface area contributed by atoms with Crippen molar-refractivity contribution in [2.75, 3.05) is 13.2 Å². The molecule has 0 spiro atoms. The van der Waals surface area contributed by atoms with Crippen LogP contribution in [-0.4, -0.2) is 30.5 Å². The van der Waals surface area contributed by atoms with Crippen molar-refractivity contribution in [3.63, 3.8) is 0 Å². The Hall–Kier alpha value is -0.790. The van der Waals surface area contributed by atoms with Crippen LogP contribution in [0.3, 0.4) is 0 Å². The number of benzene rings is 1. The van der Waals surface area contributed by atoms with E-state index in [1.165, 1.54) is 0 Å². The van der Waals surface area contributed by atoms with Gasteiger partial charge in [-0.15, -0.1) is 0 Å². The zero-order chi connectivity index (χ0) is 16.0. The van der Waals surface area contributed by atoms with E-state index >= 15 is 0 Å². The van der Waals surface area contributed by atoms with Gasteiger partial charge in [0.1, 0.15) is 12.4 Å². The fraction of sp³-hybridized carbons (Fsp3) is 0.571. The Bertz CT molecular complexity index is 452. The molecule has 1 atom stereocenters. The fourth-order valence-corrected chi connectivity index (χ4v) is 1.99. The van der Waals surface area contributed by atoms with Gasteiger partial charge in [0.05, 0.1) is 0 Å². The Balaban J connectivity index is 2.68. The average Bonchev–Trinajstić information content (AvgIpc) is 2.35. The molecule has 1 unspecified atom stereocenters. The van der Waals surface area contributed by atoms with Crippen molar-refractivity contribution in [1.82, 2.24) is 5.32 Å². The van der Waals surface area contributed by atoms with Crippen molar-refractivity contribution >= 4 is 15.9 Å². The molecular formula is C14H19BrF3NO2. The molecule has 0 heterocycles. The maximum Gasteiger partial charge on any atom is 0.417 e. The molecule has 0 radical (unpaired) electrons. The summed E-state index contributed by atoms with van der Waals surface area (Å²) in [7, 11) is 0. The van der Waals surface area contributed by atoms with E-state index in [2.05, 4.69) is 35.1 Å². The van der Waals surface area contributed by atoms with Gasteiger partial charge in [-0.2, -0.15) is 13.2 Å². The van der Waals surface area contributed by atoms with Crippen molar-refractivity contribution in [2.45, 2.75) is 32.7 Å². The van der Waals surface area contributed by atoms with Crippen LogP contribution in [0.25, 0.3) is 0 Å². The molecular weight excluding hydrogens is 351 g/mol. The highest BCUT2D eigenvalue weighted by atomic mass is 79.9. The first kappa shape index (κ1) is 18.3. The quantitative estimate of drug-likeness (QED) is 0.772. The second-order valence-electron chi connectivity index (χ2n) is 5.15. The third-order valence-corrected chi connectivity index (χ3v) is 3.16. The molecule has 0 aromatic heterocycles. The van der Waals surface area contributed by atoms with Gasteiger partial charge in [-0.1, -0.05) is 29.8 Å². The first-order chi connectivity index (χ1) is 9.70. The highest BCUT2D eigenvalue weighted by molar-refractivity contribution is 9.10. The van der Waals surface area contributed by atoms with E-state index in [-0.39, 0.29) is 0 Å². The van der Waals surface area contributed by atoms with Gasteiger partial charge in [0.15, 0.2) is 6.10 Å². The van der Waals surface area contributed by atoms with Crippen LogP contribution in [0, 0.1) is 5.92 Å². The lowest BCUT2D eigenvalue weighted by molar-refractivity contribution is -0.210. The van der Waals surface area contributed by atoms with E-state index in [4.69, 9.17) is 9.84 Å². The Morgan fingerprint density at radius 1 is 1.33 bits per heavy atom. The van der Waals surface area contributed by atoms with Crippen molar-refractivity contribution in [1.29, 1.82) is 0 Å². The molecule has 2 N–H and O–H groups in total. The highest BCUT2D eigenvalue weighted by Crippen LogP contribution is 2.25. The van der Waals surface area contributed by atoms with Gasteiger partial charge < -0.3 is 15.2 Å². The number of hydrogen-bond donors (Lipinski definition) is 2. The molecule has 0 aliphatic carbocycles. The summed E-state index contributed by atoms with van der Waals surface area (Å²) in [6.07, 6.45) is -7.16. The molecule has 0 fully saturated rings. The lowest BCUT2D eigenvalue weighted by Gasteiger charge is -2.17. The maximum absolute atomic E-state index is 12.3. The molecule has 0 aliphatic rings. The summed E-state index contributed by atoms with van der Waals surface area (Å²) in [5.41, 5.74) is 0.736. The second kappa shape index (κ2) is 8.00. The molecule has 0 bridgehead atoms. The lowest BCUT2D eigenvalue weighted by Crippen LogP contribution is -2.34. The van der Waals surface area contributed by atoms with Crippen LogP contribution in [0.15, 0.2) is 22.7 Å². The largest absolute Gasteiger partial charge is 0.490 e. The third-order valence-electron chi connectivity index (χ3n) is 2.67. The smallest absolute Gasteiger partial charge is 0.417 e. The third kappa shape index (κ3) is 6.67. The van der Waals surface area contributed by atoms with Crippen LogP contribution in [-0.2, 0) is 6.54 Å². The topological polar surface area (TPSA) is 41.5 Å². The molecule has 0 aliphatic heterocycles. The monoisotopic (exact) mass is 369 g/mol. The van der Waals surface area contributed by atoms with E-state index < -0.39 is 18.9 Å². The fourth-order valence-electron chi connectivity index (χ4n) is 1.59. The number of halogens is 4. The Labute approximate surface area is 130 Å². The Morgan fingerprint density at radius 2 is 2.00 bits per heavy atom. The van der Waals surface area contributed by atoms with Gasteiger partial charge in [0.2, 0.25) is 0 Å². The van der Waals surface area contributed by atoms with Crippen LogP contribution in [0.5, 0.6) is 5.75 Å². The SMILES string of the molecule is CC(C)CNCc1cc(Br)ccc1OCC(O)C(F)(F)F. The summed E-state index contributed by atoms with van der Waals surface area (Å²) >= 11 is 3.32. The maximum atomic E-state index is 12.3. The molecule has 7 heteroatoms. The van der Waals surface area contributed by atoms with E-state index in [0.717, 1.165) is 16.6 Å². The van der Waals surface area contributed by atoms with Crippen LogP contribution in [0.2, 0.25) is 0 Å². The summed E-state index contributed by atoms with van der Waals surface area (Å²) in [5, 5.41) is 12.2. The molecule has 120 valence electrons. The van der Waals surface area contributed by atoms with Crippen LogP contribution >= 0.6 is 15.9 Å². The minimum atomic E-state index is -4.68. The number of rotatable bonds is 7. The minimum absolute atomic E-state index is 0.331. The standard InChI is InChI=1S/C14H19BrF3NO2/c1-9(2)6-19-7-10-5-11(15)3-4-12(10)21-8-13(20)14(16,17)18/h3-5,9,13,19-20H,6-8H2,1-2H3. The Kier molecular flexibility index (Phi) is 6.96. The molecule has 21 heavy (non-hydrogen) atoms. The predicted octanol–water partition coefficient (Wildman–Crippen LogP) is 3.50. The molecule has 1 aromatic rings. The van der Waals surface area contributed by atoms with Gasteiger partial charge in [-0.05, 0) is 30.7 Å². The lowest BCUT2D eigenvalue weighted by atomic mass is 10.2. The number of ether oxygens (including phenoxy) is 1. The summed E-state index contributed by atoms with van der Waals surface area (Å²) < 4.78 is 42.7. The van der Waals surface area contributed by atoms with E-state index in [1.54, 1.807) is 18.2 Å². The zero-order valence-corrected chi connectivity index (χ0v) is 13.5. The van der Waals surface area contributed by atoms with Crippen LogP contribution in [0.1, 0.15) is 19.4 Å². The molecule has 0 amide bonds. The van der Waals surface area contributed by atoms with Gasteiger partial charge >= 0.3 is 6.18 Å². The van der Waals surface area contributed by atoms with E-state index in [1.807, 2.05) is 0 Å². The summed E-state index contributed by atoms with van der Waals surface area (Å²) in [6.45, 7) is 4.57. The second-order valence-corrected chi connectivity index (χ2v) is 6.06. The van der Waals surface area contributed by atoms with Crippen LogP contribution in [0.4, 0.5) is 13.2 Å². The zero-order valence-electron chi connectivity index (χ0n) is 11.9. The number of alkyl halides is 3. The number of aliphatic hydroxyl groups excluding tert-OH is 1. The van der Waals surface area contributed by atoms with E-state index in [9.17, 15) is 13.2 Å². The van der Waals surface area contributed by atoms with Gasteiger partial charge in [-0.25, -0.2) is 0 Å². The highest BCUT2D eigenvalue weighted by Gasteiger charge is 2.38. The molecule has 1 rings (SSSR count). The van der Waals surface area contributed by atoms with Crippen molar-refractivity contribution in [3.8, 4) is 5.75 Å². The van der Waals surface area contributed by atoms with Gasteiger partial charge in [0, 0.05) is 16.6 Å². The normalized spacial score (nSPS) is 13.5. The predicted molar refractivity (Wildman–Crippen MR) is 78.2 cm³/mol. The van der Waals surface area contributed by atoms with Crippen LogP contribution < -0.4 is 10.1 Å². The number of hydrogen-bond acceptors (Lipinski definition) is 3. The summed E-state index contributed by atoms with van der Waals surface area (Å²) in [6, 6.07) is 5.05. The van der Waals surface area contributed by atoms with Gasteiger partial charge in [-0.3, -0.25) is 0 Å². The van der Waals surface area contributed by atoms with Crippen molar-refractivity contribution < 1.29 is 23.0 Å². The van der Waals surface area contributed by atoms with Crippen molar-refractivity contribution in [3.05, 3.63) is 28.2 Å². The first-order valence-corrected chi connectivity index (χ1v) is 7.36. The first-order valence-electron chi connectivity index (χ1n) is 6.57. The van der Waals surface area contributed by atoms with E-state index in [0.29, 0.717) is 18.2 Å².